The zero-order valence-corrected chi connectivity index (χ0v) is 13.9. The van der Waals surface area contributed by atoms with Crippen molar-refractivity contribution in [1.29, 1.82) is 0 Å². The summed E-state index contributed by atoms with van der Waals surface area (Å²) in [6, 6.07) is 5.45. The summed E-state index contributed by atoms with van der Waals surface area (Å²) >= 11 is 10.9. The minimum absolute atomic E-state index is 0.149. The van der Waals surface area contributed by atoms with Gasteiger partial charge in [-0.1, -0.05) is 11.6 Å². The highest BCUT2D eigenvalue weighted by Gasteiger charge is 2.21. The number of hydrogen-bond acceptors (Lipinski definition) is 4. The molecule has 1 aromatic carbocycles. The molecule has 2 rings (SSSR count). The minimum atomic E-state index is -3.65. The lowest BCUT2D eigenvalue weighted by atomic mass is 10.3. The first-order chi connectivity index (χ1) is 9.85. The summed E-state index contributed by atoms with van der Waals surface area (Å²) in [6.45, 7) is 4.23. The first-order valence-electron chi connectivity index (χ1n) is 6.28. The van der Waals surface area contributed by atoms with E-state index in [1.165, 1.54) is 24.3 Å². The zero-order chi connectivity index (χ0) is 15.6. The van der Waals surface area contributed by atoms with E-state index in [1.54, 1.807) is 11.5 Å². The van der Waals surface area contributed by atoms with Crippen LogP contribution in [0.15, 0.2) is 29.2 Å². The SMILES string of the molecule is CCn1c(C(C)NS(=O)(=O)c2ccc(Cl)cc2)n[nH]c1=S. The number of benzene rings is 1. The van der Waals surface area contributed by atoms with E-state index in [0.717, 1.165) is 0 Å². The van der Waals surface area contributed by atoms with Crippen LogP contribution >= 0.6 is 23.8 Å². The Morgan fingerprint density at radius 1 is 1.43 bits per heavy atom. The molecule has 9 heteroatoms. The van der Waals surface area contributed by atoms with E-state index < -0.39 is 16.1 Å². The lowest BCUT2D eigenvalue weighted by Crippen LogP contribution is -2.28. The quantitative estimate of drug-likeness (QED) is 0.816. The van der Waals surface area contributed by atoms with Crippen molar-refractivity contribution in [1.82, 2.24) is 19.5 Å². The third-order valence-electron chi connectivity index (χ3n) is 2.95. The van der Waals surface area contributed by atoms with Gasteiger partial charge in [0.15, 0.2) is 4.77 Å². The second-order valence-corrected chi connectivity index (χ2v) is 6.97. The van der Waals surface area contributed by atoms with E-state index in [2.05, 4.69) is 14.9 Å². The average molecular weight is 347 g/mol. The normalized spacial score (nSPS) is 13.3. The summed E-state index contributed by atoms with van der Waals surface area (Å²) < 4.78 is 29.4. The van der Waals surface area contributed by atoms with Crippen molar-refractivity contribution < 1.29 is 8.42 Å². The molecule has 0 aliphatic rings. The van der Waals surface area contributed by atoms with Gasteiger partial charge >= 0.3 is 0 Å². The summed E-state index contributed by atoms with van der Waals surface area (Å²) in [5.74, 6) is 0.542. The maximum atomic E-state index is 12.3. The fourth-order valence-corrected chi connectivity index (χ4v) is 3.53. The molecular formula is C12H15ClN4O2S2. The molecule has 0 aliphatic carbocycles. The van der Waals surface area contributed by atoms with Gasteiger partial charge in [0.05, 0.1) is 10.9 Å². The number of nitrogens with zero attached hydrogens (tertiary/aromatic N) is 2. The third-order valence-corrected chi connectivity index (χ3v) is 5.07. The van der Waals surface area contributed by atoms with Gasteiger partial charge in [0.25, 0.3) is 0 Å². The number of halogens is 1. The molecule has 1 heterocycles. The molecule has 0 radical (unpaired) electrons. The molecule has 1 aromatic heterocycles. The van der Waals surface area contributed by atoms with Gasteiger partial charge in [-0.2, -0.15) is 5.10 Å². The van der Waals surface area contributed by atoms with Gasteiger partial charge in [-0.25, -0.2) is 13.1 Å². The Hall–Kier alpha value is -1.22. The van der Waals surface area contributed by atoms with Crippen LogP contribution in [0.1, 0.15) is 25.7 Å². The van der Waals surface area contributed by atoms with E-state index in [4.69, 9.17) is 23.8 Å². The largest absolute Gasteiger partial charge is 0.303 e. The number of sulfonamides is 1. The first-order valence-corrected chi connectivity index (χ1v) is 8.55. The van der Waals surface area contributed by atoms with Crippen LogP contribution in [0.3, 0.4) is 0 Å². The molecule has 0 spiro atoms. The van der Waals surface area contributed by atoms with Gasteiger partial charge in [0.1, 0.15) is 5.82 Å². The van der Waals surface area contributed by atoms with Crippen LogP contribution in [-0.4, -0.2) is 23.2 Å². The summed E-state index contributed by atoms with van der Waals surface area (Å²) in [6.07, 6.45) is 0. The predicted molar refractivity (Wildman–Crippen MR) is 83.3 cm³/mol. The Morgan fingerprint density at radius 2 is 2.05 bits per heavy atom. The second-order valence-electron chi connectivity index (χ2n) is 4.43. The highest BCUT2D eigenvalue weighted by Crippen LogP contribution is 2.17. The Bertz CT molecular complexity index is 780. The summed E-state index contributed by atoms with van der Waals surface area (Å²) in [5.41, 5.74) is 0. The maximum absolute atomic E-state index is 12.3. The van der Waals surface area contributed by atoms with Crippen LogP contribution in [-0.2, 0) is 16.6 Å². The molecule has 1 atom stereocenters. The molecule has 114 valence electrons. The smallest absolute Gasteiger partial charge is 0.241 e. The van der Waals surface area contributed by atoms with Crippen molar-refractivity contribution in [2.45, 2.75) is 31.3 Å². The van der Waals surface area contributed by atoms with E-state index >= 15 is 0 Å². The van der Waals surface area contributed by atoms with Gasteiger partial charge in [-0.3, -0.25) is 5.10 Å². The molecule has 21 heavy (non-hydrogen) atoms. The zero-order valence-electron chi connectivity index (χ0n) is 11.5. The fraction of sp³-hybridized carbons (Fsp3) is 0.333. The summed E-state index contributed by atoms with van der Waals surface area (Å²) in [4.78, 5) is 0.149. The lowest BCUT2D eigenvalue weighted by molar-refractivity contribution is 0.546. The van der Waals surface area contributed by atoms with E-state index in [1.807, 2.05) is 6.92 Å². The van der Waals surface area contributed by atoms with Gasteiger partial charge in [-0.15, -0.1) is 0 Å². The molecule has 0 saturated carbocycles. The Kier molecular flexibility index (Phi) is 4.82. The molecular weight excluding hydrogens is 332 g/mol. The number of hydrogen-bond donors (Lipinski definition) is 2. The minimum Gasteiger partial charge on any atom is -0.303 e. The second kappa shape index (κ2) is 6.27. The fourth-order valence-electron chi connectivity index (χ4n) is 1.93. The van der Waals surface area contributed by atoms with E-state index in [-0.39, 0.29) is 4.90 Å². The van der Waals surface area contributed by atoms with Gasteiger partial charge in [0.2, 0.25) is 10.0 Å². The molecule has 1 unspecified atom stereocenters. The number of H-pyrrole nitrogens is 1. The molecule has 2 aromatic rings. The van der Waals surface area contributed by atoms with Crippen LogP contribution < -0.4 is 4.72 Å². The number of aromatic nitrogens is 3. The Balaban J connectivity index is 2.27. The van der Waals surface area contributed by atoms with Crippen LogP contribution in [0, 0.1) is 4.77 Å². The highest BCUT2D eigenvalue weighted by atomic mass is 35.5. The van der Waals surface area contributed by atoms with Gasteiger partial charge in [0, 0.05) is 11.6 Å². The van der Waals surface area contributed by atoms with Crippen molar-refractivity contribution in [3.63, 3.8) is 0 Å². The van der Waals surface area contributed by atoms with Crippen molar-refractivity contribution in [3.8, 4) is 0 Å². The molecule has 0 aliphatic heterocycles. The van der Waals surface area contributed by atoms with E-state index in [0.29, 0.717) is 22.2 Å². The molecule has 0 bridgehead atoms. The first kappa shape index (κ1) is 16.2. The predicted octanol–water partition coefficient (Wildman–Crippen LogP) is 2.65. The van der Waals surface area contributed by atoms with Crippen molar-refractivity contribution in [2.24, 2.45) is 0 Å². The third kappa shape index (κ3) is 3.52. The van der Waals surface area contributed by atoms with Crippen molar-refractivity contribution in [2.75, 3.05) is 0 Å². The van der Waals surface area contributed by atoms with Gasteiger partial charge in [-0.05, 0) is 50.3 Å². The monoisotopic (exact) mass is 346 g/mol. The van der Waals surface area contributed by atoms with Crippen molar-refractivity contribution in [3.05, 3.63) is 39.9 Å². The van der Waals surface area contributed by atoms with E-state index in [9.17, 15) is 8.42 Å². The topological polar surface area (TPSA) is 79.8 Å². The number of rotatable bonds is 5. The number of aromatic amines is 1. The van der Waals surface area contributed by atoms with Crippen LogP contribution in [0.2, 0.25) is 5.02 Å². The van der Waals surface area contributed by atoms with Crippen molar-refractivity contribution >= 4 is 33.8 Å². The van der Waals surface area contributed by atoms with Crippen LogP contribution in [0.25, 0.3) is 0 Å². The molecule has 2 N–H and O–H groups in total. The Morgan fingerprint density at radius 3 is 2.62 bits per heavy atom. The summed E-state index contributed by atoms with van der Waals surface area (Å²) in [7, 11) is -3.65. The van der Waals surface area contributed by atoms with Gasteiger partial charge < -0.3 is 4.57 Å². The average Bonchev–Trinajstić information content (AvgIpc) is 2.80. The molecule has 0 amide bonds. The maximum Gasteiger partial charge on any atom is 0.241 e. The van der Waals surface area contributed by atoms with Crippen LogP contribution in [0.5, 0.6) is 0 Å². The standard InChI is InChI=1S/C12H15ClN4O2S2/c1-3-17-11(14-15-12(17)20)8(2)16-21(18,19)10-6-4-9(13)5-7-10/h4-8,16H,3H2,1-2H3,(H,15,20). The number of nitrogens with one attached hydrogen (secondary N) is 2. The molecule has 6 nitrogen and oxygen atoms in total. The molecule has 0 fully saturated rings. The Labute approximate surface area is 133 Å². The van der Waals surface area contributed by atoms with Crippen LogP contribution in [0.4, 0.5) is 0 Å². The lowest BCUT2D eigenvalue weighted by Gasteiger charge is -2.14. The summed E-state index contributed by atoms with van der Waals surface area (Å²) in [5, 5.41) is 7.22. The highest BCUT2D eigenvalue weighted by molar-refractivity contribution is 7.89. The molecule has 0 saturated heterocycles.